The van der Waals surface area contributed by atoms with E-state index in [4.69, 9.17) is 0 Å². The van der Waals surface area contributed by atoms with E-state index in [1.54, 1.807) is 40.2 Å². The molecule has 0 bridgehead atoms. The van der Waals surface area contributed by atoms with Crippen LogP contribution in [-0.4, -0.2) is 21.4 Å². The molecule has 2 amide bonds. The standard InChI is InChI=1S/C18H18N4O2S/c1-11(23)19-14-5-4-6-15(8-14)21-18(24)17-7-13(9-22(17)3)16-10-25-12(2)20-16/h4-10H,1-3H3,(H,19,23)(H,21,24). The number of nitrogens with one attached hydrogen (secondary N) is 2. The Hall–Kier alpha value is -2.93. The summed E-state index contributed by atoms with van der Waals surface area (Å²) in [6.45, 7) is 3.39. The Kier molecular flexibility index (Phi) is 4.67. The molecule has 128 valence electrons. The van der Waals surface area contributed by atoms with Gasteiger partial charge in [-0.25, -0.2) is 4.98 Å². The highest BCUT2D eigenvalue weighted by Gasteiger charge is 2.14. The molecule has 0 aliphatic rings. The molecule has 0 saturated carbocycles. The van der Waals surface area contributed by atoms with E-state index in [1.165, 1.54) is 6.92 Å². The average molecular weight is 354 g/mol. The number of carbonyl (C=O) groups is 2. The van der Waals surface area contributed by atoms with Gasteiger partial charge in [0.25, 0.3) is 5.91 Å². The van der Waals surface area contributed by atoms with E-state index in [-0.39, 0.29) is 11.8 Å². The highest BCUT2D eigenvalue weighted by atomic mass is 32.1. The van der Waals surface area contributed by atoms with Gasteiger partial charge in [-0.2, -0.15) is 0 Å². The van der Waals surface area contributed by atoms with Crippen LogP contribution >= 0.6 is 11.3 Å². The molecule has 0 aliphatic carbocycles. The molecule has 2 N–H and O–H groups in total. The molecule has 0 aliphatic heterocycles. The number of rotatable bonds is 4. The zero-order valence-electron chi connectivity index (χ0n) is 14.2. The van der Waals surface area contributed by atoms with Crippen LogP contribution in [-0.2, 0) is 11.8 Å². The second-order valence-electron chi connectivity index (χ2n) is 5.69. The lowest BCUT2D eigenvalue weighted by Crippen LogP contribution is -2.15. The zero-order valence-corrected chi connectivity index (χ0v) is 15.0. The summed E-state index contributed by atoms with van der Waals surface area (Å²) >= 11 is 1.58. The average Bonchev–Trinajstić information content (AvgIpc) is 3.13. The molecule has 0 fully saturated rings. The first kappa shape index (κ1) is 16.9. The Balaban J connectivity index is 1.80. The van der Waals surface area contributed by atoms with Gasteiger partial charge in [-0.05, 0) is 31.2 Å². The number of amides is 2. The lowest BCUT2D eigenvalue weighted by molar-refractivity contribution is -0.114. The van der Waals surface area contributed by atoms with Gasteiger partial charge < -0.3 is 15.2 Å². The van der Waals surface area contributed by atoms with Gasteiger partial charge in [-0.1, -0.05) is 6.07 Å². The third-order valence-corrected chi connectivity index (χ3v) is 4.37. The summed E-state index contributed by atoms with van der Waals surface area (Å²) in [6, 6.07) is 8.85. The van der Waals surface area contributed by atoms with Gasteiger partial charge in [0, 0.05) is 42.5 Å². The van der Waals surface area contributed by atoms with Crippen LogP contribution in [0.3, 0.4) is 0 Å². The predicted octanol–water partition coefficient (Wildman–Crippen LogP) is 3.67. The fraction of sp³-hybridized carbons (Fsp3) is 0.167. The van der Waals surface area contributed by atoms with E-state index < -0.39 is 0 Å². The van der Waals surface area contributed by atoms with Crippen LogP contribution in [0, 0.1) is 6.92 Å². The van der Waals surface area contributed by atoms with Crippen molar-refractivity contribution in [2.24, 2.45) is 7.05 Å². The molecule has 25 heavy (non-hydrogen) atoms. The lowest BCUT2D eigenvalue weighted by atomic mass is 10.2. The number of carbonyl (C=O) groups excluding carboxylic acids is 2. The quantitative estimate of drug-likeness (QED) is 0.750. The normalized spacial score (nSPS) is 10.5. The zero-order chi connectivity index (χ0) is 18.0. The third kappa shape index (κ3) is 3.95. The van der Waals surface area contributed by atoms with Crippen LogP contribution < -0.4 is 10.6 Å². The fourth-order valence-electron chi connectivity index (χ4n) is 2.50. The van der Waals surface area contributed by atoms with Gasteiger partial charge in [0.1, 0.15) is 5.69 Å². The SMILES string of the molecule is CC(=O)Nc1cccc(NC(=O)c2cc(-c3csc(C)n3)cn2C)c1. The molecule has 6 nitrogen and oxygen atoms in total. The minimum atomic E-state index is -0.222. The molecule has 0 atom stereocenters. The fourth-order valence-corrected chi connectivity index (χ4v) is 3.12. The van der Waals surface area contributed by atoms with Gasteiger partial charge in [-0.3, -0.25) is 9.59 Å². The Bertz CT molecular complexity index is 942. The van der Waals surface area contributed by atoms with Gasteiger partial charge in [0.15, 0.2) is 0 Å². The minimum absolute atomic E-state index is 0.158. The molecule has 3 aromatic rings. The maximum atomic E-state index is 12.6. The lowest BCUT2D eigenvalue weighted by Gasteiger charge is -2.08. The summed E-state index contributed by atoms with van der Waals surface area (Å²) in [7, 11) is 1.82. The highest BCUT2D eigenvalue weighted by Crippen LogP contribution is 2.24. The Morgan fingerprint density at radius 1 is 1.16 bits per heavy atom. The smallest absolute Gasteiger partial charge is 0.272 e. The van der Waals surface area contributed by atoms with Crippen molar-refractivity contribution < 1.29 is 9.59 Å². The number of anilines is 2. The van der Waals surface area contributed by atoms with Crippen molar-refractivity contribution in [3.8, 4) is 11.3 Å². The highest BCUT2D eigenvalue weighted by molar-refractivity contribution is 7.09. The summed E-state index contributed by atoms with van der Waals surface area (Å²) in [5.74, 6) is -0.380. The molecule has 7 heteroatoms. The molecule has 2 aromatic heterocycles. The molecule has 0 saturated heterocycles. The second-order valence-corrected chi connectivity index (χ2v) is 6.76. The largest absolute Gasteiger partial charge is 0.346 e. The first-order valence-corrected chi connectivity index (χ1v) is 8.58. The number of aromatic nitrogens is 2. The van der Waals surface area contributed by atoms with Crippen molar-refractivity contribution in [1.82, 2.24) is 9.55 Å². The van der Waals surface area contributed by atoms with Crippen molar-refractivity contribution in [2.45, 2.75) is 13.8 Å². The van der Waals surface area contributed by atoms with Crippen LogP contribution in [0.4, 0.5) is 11.4 Å². The molecular weight excluding hydrogens is 336 g/mol. The predicted molar refractivity (Wildman–Crippen MR) is 100.0 cm³/mol. The van der Waals surface area contributed by atoms with Crippen molar-refractivity contribution >= 4 is 34.5 Å². The second kappa shape index (κ2) is 6.90. The topological polar surface area (TPSA) is 76.0 Å². The van der Waals surface area contributed by atoms with Gasteiger partial charge >= 0.3 is 0 Å². The maximum Gasteiger partial charge on any atom is 0.272 e. The Morgan fingerprint density at radius 3 is 2.52 bits per heavy atom. The number of hydrogen-bond donors (Lipinski definition) is 2. The van der Waals surface area contributed by atoms with Crippen molar-refractivity contribution in [3.05, 3.63) is 52.6 Å². The van der Waals surface area contributed by atoms with Crippen LogP contribution in [0.15, 0.2) is 41.9 Å². The number of hydrogen-bond acceptors (Lipinski definition) is 4. The summed E-state index contributed by atoms with van der Waals surface area (Å²) < 4.78 is 1.77. The summed E-state index contributed by atoms with van der Waals surface area (Å²) in [5.41, 5.74) is 3.55. The molecular formula is C18H18N4O2S. The first-order valence-electron chi connectivity index (χ1n) is 7.70. The van der Waals surface area contributed by atoms with Crippen LogP contribution in [0.5, 0.6) is 0 Å². The third-order valence-electron chi connectivity index (χ3n) is 3.59. The van der Waals surface area contributed by atoms with E-state index in [9.17, 15) is 9.59 Å². The van der Waals surface area contributed by atoms with E-state index in [0.717, 1.165) is 16.3 Å². The van der Waals surface area contributed by atoms with Gasteiger partial charge in [-0.15, -0.1) is 11.3 Å². The summed E-state index contributed by atoms with van der Waals surface area (Å²) in [5, 5.41) is 8.51. The number of benzene rings is 1. The van der Waals surface area contributed by atoms with Gasteiger partial charge in [0.2, 0.25) is 5.91 Å². The monoisotopic (exact) mass is 354 g/mol. The van der Waals surface area contributed by atoms with Crippen molar-refractivity contribution in [2.75, 3.05) is 10.6 Å². The van der Waals surface area contributed by atoms with Crippen molar-refractivity contribution in [3.63, 3.8) is 0 Å². The minimum Gasteiger partial charge on any atom is -0.346 e. The van der Waals surface area contributed by atoms with Crippen molar-refractivity contribution in [1.29, 1.82) is 0 Å². The van der Waals surface area contributed by atoms with Crippen LogP contribution in [0.25, 0.3) is 11.3 Å². The molecule has 0 spiro atoms. The number of thiazole rings is 1. The Labute approximate surface area is 149 Å². The maximum absolute atomic E-state index is 12.6. The number of nitrogens with zero attached hydrogens (tertiary/aromatic N) is 2. The first-order chi connectivity index (χ1) is 11.9. The van der Waals surface area contributed by atoms with Crippen LogP contribution in [0.1, 0.15) is 22.4 Å². The Morgan fingerprint density at radius 2 is 1.88 bits per heavy atom. The molecule has 3 rings (SSSR count). The van der Waals surface area contributed by atoms with E-state index in [2.05, 4.69) is 15.6 Å². The van der Waals surface area contributed by atoms with E-state index in [1.807, 2.05) is 31.6 Å². The molecule has 2 heterocycles. The number of aryl methyl sites for hydroxylation is 2. The van der Waals surface area contributed by atoms with Gasteiger partial charge in [0.05, 0.1) is 10.7 Å². The summed E-state index contributed by atoms with van der Waals surface area (Å²) in [6.07, 6.45) is 1.89. The van der Waals surface area contributed by atoms with Crippen LogP contribution in [0.2, 0.25) is 0 Å². The molecule has 0 radical (unpaired) electrons. The van der Waals surface area contributed by atoms with E-state index >= 15 is 0 Å². The molecule has 1 aromatic carbocycles. The van der Waals surface area contributed by atoms with E-state index in [0.29, 0.717) is 17.1 Å². The summed E-state index contributed by atoms with van der Waals surface area (Å²) in [4.78, 5) is 28.2. The molecule has 0 unspecified atom stereocenters.